The first-order valence-corrected chi connectivity index (χ1v) is 8.69. The molecule has 0 radical (unpaired) electrons. The Morgan fingerprint density at radius 3 is 2.06 bits per heavy atom. The molecule has 1 heterocycles. The molecular formula is C20H12F4N2O6. The number of rotatable bonds is 9. The van der Waals surface area contributed by atoms with Gasteiger partial charge in [0.2, 0.25) is 5.88 Å². The van der Waals surface area contributed by atoms with Crippen molar-refractivity contribution in [1.82, 2.24) is 4.98 Å². The van der Waals surface area contributed by atoms with Gasteiger partial charge in [-0.05, 0) is 36.4 Å². The number of non-ortho nitro benzene ring substituents is 1. The zero-order valence-electron chi connectivity index (χ0n) is 15.8. The van der Waals surface area contributed by atoms with Crippen LogP contribution in [-0.2, 0) is 0 Å². The maximum absolute atomic E-state index is 12.6. The van der Waals surface area contributed by atoms with E-state index in [9.17, 15) is 32.5 Å². The second-order valence-electron chi connectivity index (χ2n) is 5.99. The molecule has 0 amide bonds. The molecule has 0 saturated carbocycles. The molecule has 0 atom stereocenters. The zero-order valence-corrected chi connectivity index (χ0v) is 15.8. The third-order valence-corrected chi connectivity index (χ3v) is 3.91. The van der Waals surface area contributed by atoms with E-state index in [4.69, 9.17) is 4.74 Å². The number of ketones is 1. The van der Waals surface area contributed by atoms with E-state index in [-0.39, 0.29) is 28.4 Å². The first-order valence-electron chi connectivity index (χ1n) is 8.69. The van der Waals surface area contributed by atoms with E-state index >= 15 is 0 Å². The van der Waals surface area contributed by atoms with Crippen molar-refractivity contribution in [3.63, 3.8) is 0 Å². The molecule has 3 aromatic rings. The van der Waals surface area contributed by atoms with Crippen molar-refractivity contribution in [3.8, 4) is 23.1 Å². The predicted octanol–water partition coefficient (Wildman–Crippen LogP) is 5.22. The lowest BCUT2D eigenvalue weighted by molar-refractivity contribution is -0.384. The fourth-order valence-corrected chi connectivity index (χ4v) is 2.53. The van der Waals surface area contributed by atoms with Gasteiger partial charge in [-0.1, -0.05) is 0 Å². The molecule has 0 N–H and O–H groups in total. The smallest absolute Gasteiger partial charge is 0.387 e. The Morgan fingerprint density at radius 2 is 1.50 bits per heavy atom. The number of aromatic nitrogens is 1. The summed E-state index contributed by atoms with van der Waals surface area (Å²) in [6.07, 6.45) is 1.15. The minimum Gasteiger partial charge on any atom is -0.439 e. The van der Waals surface area contributed by atoms with Crippen LogP contribution in [0, 0.1) is 10.1 Å². The van der Waals surface area contributed by atoms with E-state index in [1.54, 1.807) is 0 Å². The van der Waals surface area contributed by atoms with Crippen molar-refractivity contribution in [2.45, 2.75) is 13.2 Å². The third kappa shape index (κ3) is 5.68. The number of nitro benzene ring substituents is 1. The second kappa shape index (κ2) is 9.73. The summed E-state index contributed by atoms with van der Waals surface area (Å²) < 4.78 is 63.7. The SMILES string of the molecule is O=C(c1ccc(Oc2ccc([N+](=O)[O-])cc2)nc1)c1ccc(OC(F)F)c(OC(F)F)c1. The third-order valence-electron chi connectivity index (χ3n) is 3.91. The number of ether oxygens (including phenoxy) is 3. The van der Waals surface area contributed by atoms with Crippen LogP contribution in [0.1, 0.15) is 15.9 Å². The minimum atomic E-state index is -3.32. The molecule has 0 unspecified atom stereocenters. The molecule has 12 heteroatoms. The molecule has 32 heavy (non-hydrogen) atoms. The van der Waals surface area contributed by atoms with Crippen LogP contribution in [0.3, 0.4) is 0 Å². The monoisotopic (exact) mass is 452 g/mol. The number of pyridine rings is 1. The lowest BCUT2D eigenvalue weighted by atomic mass is 10.0. The standard InChI is InChI=1S/C20H12F4N2O6/c21-19(22)31-15-7-1-11(9-16(15)32-20(23)24)18(27)12-2-8-17(25-10-12)30-14-5-3-13(4-6-14)26(28)29/h1-10,19-20H. The first-order chi connectivity index (χ1) is 15.2. The quantitative estimate of drug-likeness (QED) is 0.190. The number of nitro groups is 1. The molecule has 0 saturated heterocycles. The average Bonchev–Trinajstić information content (AvgIpc) is 2.75. The van der Waals surface area contributed by atoms with Crippen molar-refractivity contribution in [3.05, 3.63) is 82.0 Å². The van der Waals surface area contributed by atoms with E-state index in [0.29, 0.717) is 0 Å². The lowest BCUT2D eigenvalue weighted by Crippen LogP contribution is -2.09. The van der Waals surface area contributed by atoms with Gasteiger partial charge in [-0.2, -0.15) is 17.6 Å². The highest BCUT2D eigenvalue weighted by atomic mass is 19.3. The summed E-state index contributed by atoms with van der Waals surface area (Å²) in [4.78, 5) is 26.7. The molecule has 1 aromatic heterocycles. The summed E-state index contributed by atoms with van der Waals surface area (Å²) in [6, 6.07) is 10.8. The fraction of sp³-hybridized carbons (Fsp3) is 0.100. The fourth-order valence-electron chi connectivity index (χ4n) is 2.53. The molecule has 166 valence electrons. The molecule has 0 fully saturated rings. The maximum atomic E-state index is 12.6. The highest BCUT2D eigenvalue weighted by Crippen LogP contribution is 2.32. The van der Waals surface area contributed by atoms with Gasteiger partial charge in [-0.25, -0.2) is 4.98 Å². The van der Waals surface area contributed by atoms with Gasteiger partial charge in [0.15, 0.2) is 17.3 Å². The topological polar surface area (TPSA) is 101 Å². The Labute approximate surface area is 177 Å². The predicted molar refractivity (Wildman–Crippen MR) is 101 cm³/mol. The van der Waals surface area contributed by atoms with Crippen LogP contribution in [0.5, 0.6) is 23.1 Å². The van der Waals surface area contributed by atoms with Gasteiger partial charge < -0.3 is 14.2 Å². The Morgan fingerprint density at radius 1 is 0.875 bits per heavy atom. The van der Waals surface area contributed by atoms with Gasteiger partial charge in [-0.3, -0.25) is 14.9 Å². The summed E-state index contributed by atoms with van der Waals surface area (Å²) in [6.45, 7) is -6.60. The zero-order chi connectivity index (χ0) is 23.3. The Bertz CT molecular complexity index is 1110. The number of hydrogen-bond acceptors (Lipinski definition) is 7. The van der Waals surface area contributed by atoms with Gasteiger partial charge in [0, 0.05) is 35.5 Å². The molecule has 2 aromatic carbocycles. The Hall–Kier alpha value is -4.22. The van der Waals surface area contributed by atoms with Gasteiger partial charge in [0.1, 0.15) is 5.75 Å². The van der Waals surface area contributed by atoms with Gasteiger partial charge in [0.25, 0.3) is 5.69 Å². The number of nitrogens with zero attached hydrogens (tertiary/aromatic N) is 2. The minimum absolute atomic E-state index is 0.0478. The van der Waals surface area contributed by atoms with Crippen molar-refractivity contribution in [2.75, 3.05) is 0 Å². The molecule has 3 rings (SSSR count). The maximum Gasteiger partial charge on any atom is 0.387 e. The van der Waals surface area contributed by atoms with Crippen LogP contribution in [-0.4, -0.2) is 28.9 Å². The Kier molecular flexibility index (Phi) is 6.83. The molecule has 0 aliphatic carbocycles. The largest absolute Gasteiger partial charge is 0.439 e. The van der Waals surface area contributed by atoms with Gasteiger partial charge in [0.05, 0.1) is 4.92 Å². The lowest BCUT2D eigenvalue weighted by Gasteiger charge is -2.13. The van der Waals surface area contributed by atoms with E-state index < -0.39 is 35.4 Å². The number of hydrogen-bond donors (Lipinski definition) is 0. The van der Waals surface area contributed by atoms with Crippen LogP contribution < -0.4 is 14.2 Å². The van der Waals surface area contributed by atoms with E-state index in [2.05, 4.69) is 14.5 Å². The average molecular weight is 452 g/mol. The number of carbonyl (C=O) groups excluding carboxylic acids is 1. The van der Waals surface area contributed by atoms with Gasteiger partial charge >= 0.3 is 13.2 Å². The van der Waals surface area contributed by atoms with Gasteiger partial charge in [-0.15, -0.1) is 0 Å². The van der Waals surface area contributed by atoms with Crippen molar-refractivity contribution in [2.24, 2.45) is 0 Å². The summed E-state index contributed by atoms with van der Waals surface area (Å²) >= 11 is 0. The summed E-state index contributed by atoms with van der Waals surface area (Å²) in [5.74, 6) is -1.68. The molecule has 0 spiro atoms. The van der Waals surface area contributed by atoms with Crippen LogP contribution in [0.4, 0.5) is 23.2 Å². The second-order valence-corrected chi connectivity index (χ2v) is 5.99. The first kappa shape index (κ1) is 22.5. The van der Waals surface area contributed by atoms with Crippen LogP contribution in [0.15, 0.2) is 60.8 Å². The molecule has 0 aliphatic heterocycles. The Balaban J connectivity index is 1.76. The highest BCUT2D eigenvalue weighted by Gasteiger charge is 2.19. The van der Waals surface area contributed by atoms with Crippen LogP contribution in [0.25, 0.3) is 0 Å². The van der Waals surface area contributed by atoms with Crippen molar-refractivity contribution >= 4 is 11.5 Å². The summed E-state index contributed by atoms with van der Waals surface area (Å²) in [5, 5.41) is 10.7. The molecule has 0 bridgehead atoms. The van der Waals surface area contributed by atoms with Crippen LogP contribution >= 0.6 is 0 Å². The molecule has 8 nitrogen and oxygen atoms in total. The van der Waals surface area contributed by atoms with E-state index in [1.807, 2.05) is 0 Å². The molecular weight excluding hydrogens is 440 g/mol. The van der Waals surface area contributed by atoms with Crippen LogP contribution in [0.2, 0.25) is 0 Å². The number of benzene rings is 2. The van der Waals surface area contributed by atoms with Crippen molar-refractivity contribution in [1.29, 1.82) is 0 Å². The highest BCUT2D eigenvalue weighted by molar-refractivity contribution is 6.09. The summed E-state index contributed by atoms with van der Waals surface area (Å²) in [7, 11) is 0. The molecule has 0 aliphatic rings. The number of halogens is 4. The normalized spacial score (nSPS) is 10.8. The van der Waals surface area contributed by atoms with Crippen molar-refractivity contribution < 1.29 is 41.5 Å². The number of alkyl halides is 4. The van der Waals surface area contributed by atoms with E-state index in [1.165, 1.54) is 36.4 Å². The van der Waals surface area contributed by atoms with E-state index in [0.717, 1.165) is 24.4 Å². The number of carbonyl (C=O) groups is 1. The summed E-state index contributed by atoms with van der Waals surface area (Å²) in [5.41, 5.74) is -0.203.